The maximum atomic E-state index is 4.44. The molecular weight excluding hydrogens is 316 g/mol. The number of aryl methyl sites for hydroxylation is 1. The molecule has 0 radical (unpaired) electrons. The quantitative estimate of drug-likeness (QED) is 0.744. The van der Waals surface area contributed by atoms with Gasteiger partial charge < -0.3 is 9.88 Å². The van der Waals surface area contributed by atoms with Gasteiger partial charge in [0.25, 0.3) is 0 Å². The zero-order chi connectivity index (χ0) is 16.8. The average molecular weight is 336 g/mol. The summed E-state index contributed by atoms with van der Waals surface area (Å²) >= 11 is 0. The summed E-state index contributed by atoms with van der Waals surface area (Å²) in [5.74, 6) is 3.36. The van der Waals surface area contributed by atoms with Crippen molar-refractivity contribution in [1.82, 2.24) is 35.0 Å². The maximum absolute atomic E-state index is 4.44. The summed E-state index contributed by atoms with van der Waals surface area (Å²) in [6.45, 7) is 2.63. The molecule has 2 aliphatic carbocycles. The molecule has 0 unspecified atom stereocenters. The SMILES string of the molecule is Cc1ccc(-n2nnnc2NCc2nnc(C3CC3)n2C2CC2)cc1. The van der Waals surface area contributed by atoms with Crippen LogP contribution in [-0.2, 0) is 6.54 Å². The van der Waals surface area contributed by atoms with Crippen LogP contribution in [0, 0.1) is 6.92 Å². The highest BCUT2D eigenvalue weighted by atomic mass is 15.6. The summed E-state index contributed by atoms with van der Waals surface area (Å²) in [7, 11) is 0. The Kier molecular flexibility index (Phi) is 3.29. The van der Waals surface area contributed by atoms with Gasteiger partial charge in [-0.3, -0.25) is 0 Å². The Bertz CT molecular complexity index is 886. The second-order valence-corrected chi connectivity index (χ2v) is 6.95. The third-order valence-electron chi connectivity index (χ3n) is 4.80. The number of nitrogens with one attached hydrogen (secondary N) is 1. The molecule has 0 amide bonds. The lowest BCUT2D eigenvalue weighted by Crippen LogP contribution is -2.12. The molecule has 2 aliphatic rings. The topological polar surface area (TPSA) is 86.3 Å². The van der Waals surface area contributed by atoms with E-state index >= 15 is 0 Å². The molecule has 8 nitrogen and oxygen atoms in total. The van der Waals surface area contributed by atoms with Gasteiger partial charge >= 0.3 is 0 Å². The standard InChI is InChI=1S/C17H20N8/c1-11-2-6-14(7-3-11)25-17(21-22-23-25)18-10-15-19-20-16(12-4-5-12)24(15)13-8-9-13/h2-3,6-7,12-13H,4-5,8-10H2,1H3,(H,18,21,23). The zero-order valence-electron chi connectivity index (χ0n) is 14.1. The first-order valence-electron chi connectivity index (χ1n) is 8.82. The van der Waals surface area contributed by atoms with Crippen molar-refractivity contribution in [3.63, 3.8) is 0 Å². The lowest BCUT2D eigenvalue weighted by atomic mass is 10.2. The van der Waals surface area contributed by atoms with Crippen LogP contribution >= 0.6 is 0 Å². The van der Waals surface area contributed by atoms with Crippen molar-refractivity contribution in [3.8, 4) is 5.69 Å². The summed E-state index contributed by atoms with van der Waals surface area (Å²) in [6.07, 6.45) is 4.94. The molecule has 0 saturated heterocycles. The summed E-state index contributed by atoms with van der Waals surface area (Å²) in [4.78, 5) is 0. The third kappa shape index (κ3) is 2.77. The van der Waals surface area contributed by atoms with Crippen molar-refractivity contribution in [2.24, 2.45) is 0 Å². The van der Waals surface area contributed by atoms with Crippen LogP contribution in [0.1, 0.15) is 54.9 Å². The Morgan fingerprint density at radius 2 is 1.84 bits per heavy atom. The number of hydrogen-bond acceptors (Lipinski definition) is 6. The van der Waals surface area contributed by atoms with Crippen LogP contribution in [0.5, 0.6) is 0 Å². The predicted molar refractivity (Wildman–Crippen MR) is 91.5 cm³/mol. The van der Waals surface area contributed by atoms with E-state index in [4.69, 9.17) is 0 Å². The Labute approximate surface area is 145 Å². The number of tetrazole rings is 1. The fourth-order valence-electron chi connectivity index (χ4n) is 3.12. The van der Waals surface area contributed by atoms with Gasteiger partial charge in [0.2, 0.25) is 5.95 Å². The van der Waals surface area contributed by atoms with Crippen molar-refractivity contribution in [2.45, 2.75) is 51.1 Å². The van der Waals surface area contributed by atoms with E-state index in [0.29, 0.717) is 24.5 Å². The maximum Gasteiger partial charge on any atom is 0.248 e. The first kappa shape index (κ1) is 14.6. The number of benzene rings is 1. The van der Waals surface area contributed by atoms with E-state index in [1.165, 1.54) is 31.2 Å². The monoisotopic (exact) mass is 336 g/mol. The molecule has 2 aromatic heterocycles. The zero-order valence-corrected chi connectivity index (χ0v) is 14.1. The third-order valence-corrected chi connectivity index (χ3v) is 4.80. The van der Waals surface area contributed by atoms with Crippen molar-refractivity contribution in [2.75, 3.05) is 5.32 Å². The van der Waals surface area contributed by atoms with Gasteiger partial charge in [-0.2, -0.15) is 4.68 Å². The van der Waals surface area contributed by atoms with Crippen LogP contribution in [0.2, 0.25) is 0 Å². The molecule has 5 rings (SSSR count). The van der Waals surface area contributed by atoms with Gasteiger partial charge in [0.05, 0.1) is 12.2 Å². The van der Waals surface area contributed by atoms with E-state index in [2.05, 4.69) is 42.5 Å². The van der Waals surface area contributed by atoms with E-state index in [1.54, 1.807) is 4.68 Å². The molecule has 2 fully saturated rings. The van der Waals surface area contributed by atoms with Crippen molar-refractivity contribution in [1.29, 1.82) is 0 Å². The number of nitrogens with zero attached hydrogens (tertiary/aromatic N) is 7. The smallest absolute Gasteiger partial charge is 0.248 e. The first-order chi connectivity index (χ1) is 12.3. The van der Waals surface area contributed by atoms with Gasteiger partial charge in [0, 0.05) is 12.0 Å². The molecule has 3 aromatic rings. The van der Waals surface area contributed by atoms with Crippen molar-refractivity contribution >= 4 is 5.95 Å². The van der Waals surface area contributed by atoms with Gasteiger partial charge in [-0.1, -0.05) is 22.8 Å². The fraction of sp³-hybridized carbons (Fsp3) is 0.471. The second-order valence-electron chi connectivity index (χ2n) is 6.95. The van der Waals surface area contributed by atoms with Crippen LogP contribution in [0.15, 0.2) is 24.3 Å². The van der Waals surface area contributed by atoms with Crippen LogP contribution in [-0.4, -0.2) is 35.0 Å². The minimum absolute atomic E-state index is 0.572. The normalized spacial score (nSPS) is 17.0. The lowest BCUT2D eigenvalue weighted by molar-refractivity contribution is 0.649. The number of aromatic nitrogens is 7. The molecule has 2 saturated carbocycles. The highest BCUT2D eigenvalue weighted by Crippen LogP contribution is 2.44. The van der Waals surface area contributed by atoms with Gasteiger partial charge in [-0.15, -0.1) is 10.2 Å². The summed E-state index contributed by atoms with van der Waals surface area (Å²) in [6, 6.07) is 8.69. The van der Waals surface area contributed by atoms with Gasteiger partial charge in [0.15, 0.2) is 5.82 Å². The molecule has 0 bridgehead atoms. The van der Waals surface area contributed by atoms with E-state index in [-0.39, 0.29) is 0 Å². The largest absolute Gasteiger partial charge is 0.345 e. The average Bonchev–Trinajstić information content (AvgIpc) is 3.55. The number of anilines is 1. The van der Waals surface area contributed by atoms with Gasteiger partial charge in [0.1, 0.15) is 5.82 Å². The molecule has 2 heterocycles. The molecule has 1 N–H and O–H groups in total. The molecule has 25 heavy (non-hydrogen) atoms. The molecule has 1 aromatic carbocycles. The van der Waals surface area contributed by atoms with Crippen molar-refractivity contribution < 1.29 is 0 Å². The first-order valence-corrected chi connectivity index (χ1v) is 8.82. The van der Waals surface area contributed by atoms with Crippen molar-refractivity contribution in [3.05, 3.63) is 41.5 Å². The van der Waals surface area contributed by atoms with E-state index in [9.17, 15) is 0 Å². The second kappa shape index (κ2) is 5.65. The highest BCUT2D eigenvalue weighted by Gasteiger charge is 2.36. The van der Waals surface area contributed by atoms with Crippen LogP contribution in [0.4, 0.5) is 5.95 Å². The summed E-state index contributed by atoms with van der Waals surface area (Å²) in [5.41, 5.74) is 2.14. The van der Waals surface area contributed by atoms with Crippen LogP contribution in [0.3, 0.4) is 0 Å². The molecule has 128 valence electrons. The van der Waals surface area contributed by atoms with Crippen LogP contribution in [0.25, 0.3) is 5.69 Å². The number of rotatable bonds is 6. The molecule has 8 heteroatoms. The van der Waals surface area contributed by atoms with E-state index in [1.807, 2.05) is 24.3 Å². The molecule has 0 spiro atoms. The van der Waals surface area contributed by atoms with E-state index < -0.39 is 0 Å². The predicted octanol–water partition coefficient (Wildman–Crippen LogP) is 2.39. The Morgan fingerprint density at radius 3 is 2.56 bits per heavy atom. The summed E-state index contributed by atoms with van der Waals surface area (Å²) in [5, 5.41) is 24.2. The lowest BCUT2D eigenvalue weighted by Gasteiger charge is -2.10. The minimum Gasteiger partial charge on any atom is -0.345 e. The van der Waals surface area contributed by atoms with E-state index in [0.717, 1.165) is 17.3 Å². The molecule has 0 aliphatic heterocycles. The Morgan fingerprint density at radius 1 is 1.04 bits per heavy atom. The number of hydrogen-bond donors (Lipinski definition) is 1. The molecular formula is C17H20N8. The Balaban J connectivity index is 1.37. The van der Waals surface area contributed by atoms with Crippen LogP contribution < -0.4 is 5.32 Å². The summed E-state index contributed by atoms with van der Waals surface area (Å²) < 4.78 is 4.05. The Hall–Kier alpha value is -2.77. The molecule has 0 atom stereocenters. The fourth-order valence-corrected chi connectivity index (χ4v) is 3.12. The highest BCUT2D eigenvalue weighted by molar-refractivity contribution is 5.40. The minimum atomic E-state index is 0.572. The van der Waals surface area contributed by atoms with Gasteiger partial charge in [-0.25, -0.2) is 0 Å². The van der Waals surface area contributed by atoms with Gasteiger partial charge in [-0.05, 0) is 55.2 Å².